The summed E-state index contributed by atoms with van der Waals surface area (Å²) >= 11 is 0. The summed E-state index contributed by atoms with van der Waals surface area (Å²) in [6.45, 7) is 0. The van der Waals surface area contributed by atoms with Crippen molar-refractivity contribution >= 4 is 11.8 Å². The van der Waals surface area contributed by atoms with E-state index in [0.717, 1.165) is 48.7 Å². The van der Waals surface area contributed by atoms with Gasteiger partial charge in [-0.2, -0.15) is 0 Å². The molecule has 3 aliphatic carbocycles. The van der Waals surface area contributed by atoms with Gasteiger partial charge in [0, 0.05) is 41.4 Å². The Morgan fingerprint density at radius 3 is 2.96 bits per heavy atom. The summed E-state index contributed by atoms with van der Waals surface area (Å²) in [5.74, 6) is 10.6. The van der Waals surface area contributed by atoms with E-state index in [1.165, 1.54) is 22.3 Å². The first-order valence-corrected chi connectivity index (χ1v) is 10.3. The van der Waals surface area contributed by atoms with E-state index in [-0.39, 0.29) is 18.1 Å². The number of hydrogen-bond donors (Lipinski definition) is 1. The molecule has 3 heterocycles. The highest BCUT2D eigenvalue weighted by molar-refractivity contribution is 5.67. The lowest BCUT2D eigenvalue weighted by molar-refractivity contribution is 0.117. The number of hydrazine groups is 1. The van der Waals surface area contributed by atoms with Gasteiger partial charge in [-0.05, 0) is 30.5 Å². The van der Waals surface area contributed by atoms with Crippen LogP contribution in [-0.2, 0) is 11.2 Å². The Balaban J connectivity index is 1.39. The second kappa shape index (κ2) is 5.21. The van der Waals surface area contributed by atoms with Crippen molar-refractivity contribution in [1.82, 2.24) is 0 Å². The number of fused-ring (bicyclic) bond motifs is 10. The molecule has 0 saturated heterocycles. The Morgan fingerprint density at radius 2 is 2.00 bits per heavy atom. The number of nitrogens with zero attached hydrogens (tertiary/aromatic N) is 1. The summed E-state index contributed by atoms with van der Waals surface area (Å²) in [6, 6.07) is 8.71. The van der Waals surface area contributed by atoms with E-state index in [2.05, 4.69) is 48.6 Å². The average Bonchev–Trinajstić information content (AvgIpc) is 3.38. The van der Waals surface area contributed by atoms with E-state index in [1.807, 2.05) is 5.01 Å². The summed E-state index contributed by atoms with van der Waals surface area (Å²) in [7, 11) is 0. The maximum atomic E-state index is 6.67. The van der Waals surface area contributed by atoms with Gasteiger partial charge in [-0.15, -0.1) is 0 Å². The second-order valence-corrected chi connectivity index (χ2v) is 8.52. The van der Waals surface area contributed by atoms with Crippen LogP contribution in [0.15, 0.2) is 58.2 Å². The largest absolute Gasteiger partial charge is 0.489 e. The van der Waals surface area contributed by atoms with Gasteiger partial charge in [0.15, 0.2) is 0 Å². The average molecular weight is 370 g/mol. The van der Waals surface area contributed by atoms with Gasteiger partial charge in [0.1, 0.15) is 23.4 Å². The monoisotopic (exact) mass is 370 g/mol. The highest BCUT2D eigenvalue weighted by atomic mass is 16.5. The fourth-order valence-corrected chi connectivity index (χ4v) is 6.05. The van der Waals surface area contributed by atoms with Crippen molar-refractivity contribution in [3.63, 3.8) is 0 Å². The molecule has 2 N–H and O–H groups in total. The maximum absolute atomic E-state index is 6.67. The SMILES string of the molecule is NN1c2ccccc2C2CCc3oc4c(c3C21)C1OC2=C(C=CCC2)C1C=C4. The van der Waals surface area contributed by atoms with Crippen LogP contribution in [-0.4, -0.2) is 0 Å². The summed E-state index contributed by atoms with van der Waals surface area (Å²) in [6.07, 6.45) is 13.1. The van der Waals surface area contributed by atoms with Crippen LogP contribution in [0.25, 0.3) is 6.08 Å². The number of aryl methyl sites for hydroxylation is 1. The number of rotatable bonds is 0. The molecule has 0 fully saturated rings. The molecule has 28 heavy (non-hydrogen) atoms. The van der Waals surface area contributed by atoms with Gasteiger partial charge >= 0.3 is 0 Å². The molecule has 0 bridgehead atoms. The van der Waals surface area contributed by atoms with Gasteiger partial charge in [0.2, 0.25) is 0 Å². The van der Waals surface area contributed by atoms with E-state index < -0.39 is 0 Å². The normalized spacial score (nSPS) is 31.0. The maximum Gasteiger partial charge on any atom is 0.138 e. The van der Waals surface area contributed by atoms with Crippen LogP contribution >= 0.6 is 0 Å². The number of benzene rings is 1. The standard InChI is InChI=1S/C24H22N2O2/c25-26-17-7-3-1-5-13(17)15-9-11-19-21(23(15)26)22-20(27-19)12-10-16-14-6-2-4-8-18(14)28-24(16)22/h1-3,5-7,10,12,15-16,23-24H,4,8-9,11,25H2. The summed E-state index contributed by atoms with van der Waals surface area (Å²) in [5, 5.41) is 1.98. The van der Waals surface area contributed by atoms with E-state index in [0.29, 0.717) is 5.92 Å². The fourth-order valence-electron chi connectivity index (χ4n) is 6.05. The molecule has 4 nitrogen and oxygen atoms in total. The van der Waals surface area contributed by atoms with Crippen molar-refractivity contribution in [3.05, 3.63) is 82.0 Å². The smallest absolute Gasteiger partial charge is 0.138 e. The molecular weight excluding hydrogens is 348 g/mol. The van der Waals surface area contributed by atoms with E-state index in [4.69, 9.17) is 15.0 Å². The molecular formula is C24H22N2O2. The number of para-hydroxylation sites is 1. The molecule has 4 heteroatoms. The number of allylic oxidation sites excluding steroid dienone is 3. The lowest BCUT2D eigenvalue weighted by atomic mass is 9.76. The molecule has 0 amide bonds. The molecule has 0 radical (unpaired) electrons. The molecule has 1 aromatic carbocycles. The Hall–Kier alpha value is -2.72. The number of hydrogen-bond acceptors (Lipinski definition) is 4. The summed E-state index contributed by atoms with van der Waals surface area (Å²) < 4.78 is 12.9. The molecule has 4 unspecified atom stereocenters. The molecule has 7 rings (SSSR count). The van der Waals surface area contributed by atoms with Crippen LogP contribution in [0, 0.1) is 5.92 Å². The van der Waals surface area contributed by atoms with Gasteiger partial charge in [-0.1, -0.05) is 36.4 Å². The molecule has 2 aromatic rings. The minimum atomic E-state index is 0.0242. The van der Waals surface area contributed by atoms with E-state index >= 15 is 0 Å². The molecule has 140 valence electrons. The third-order valence-electron chi connectivity index (χ3n) is 7.21. The van der Waals surface area contributed by atoms with Crippen molar-refractivity contribution in [3.8, 4) is 0 Å². The number of anilines is 1. The van der Waals surface area contributed by atoms with Gasteiger partial charge in [-0.25, -0.2) is 5.84 Å². The van der Waals surface area contributed by atoms with Crippen LogP contribution in [0.1, 0.15) is 65.5 Å². The number of furan rings is 1. The Kier molecular flexibility index (Phi) is 2.83. The van der Waals surface area contributed by atoms with Crippen LogP contribution in [0.2, 0.25) is 0 Å². The summed E-state index contributed by atoms with van der Waals surface area (Å²) in [5.41, 5.74) is 6.39. The predicted octanol–water partition coefficient (Wildman–Crippen LogP) is 5.06. The molecule has 0 spiro atoms. The Bertz CT molecular complexity index is 1110. The third kappa shape index (κ3) is 1.75. The van der Waals surface area contributed by atoms with Crippen molar-refractivity contribution in [2.45, 2.75) is 43.7 Å². The van der Waals surface area contributed by atoms with Crippen LogP contribution in [0.3, 0.4) is 0 Å². The fraction of sp³-hybridized carbons (Fsp3) is 0.333. The quantitative estimate of drug-likeness (QED) is 0.659. The van der Waals surface area contributed by atoms with Crippen molar-refractivity contribution in [1.29, 1.82) is 0 Å². The second-order valence-electron chi connectivity index (χ2n) is 8.52. The van der Waals surface area contributed by atoms with E-state index in [9.17, 15) is 0 Å². The minimum Gasteiger partial charge on any atom is -0.489 e. The van der Waals surface area contributed by atoms with Gasteiger partial charge < -0.3 is 14.2 Å². The lowest BCUT2D eigenvalue weighted by Crippen LogP contribution is -2.36. The molecule has 5 aliphatic rings. The van der Waals surface area contributed by atoms with Crippen LogP contribution in [0.5, 0.6) is 0 Å². The lowest BCUT2D eigenvalue weighted by Gasteiger charge is -2.32. The predicted molar refractivity (Wildman–Crippen MR) is 107 cm³/mol. The van der Waals surface area contributed by atoms with Crippen molar-refractivity contribution in [2.75, 3.05) is 5.01 Å². The minimum absolute atomic E-state index is 0.0242. The van der Waals surface area contributed by atoms with Gasteiger partial charge in [-0.3, -0.25) is 0 Å². The summed E-state index contributed by atoms with van der Waals surface area (Å²) in [4.78, 5) is 0. The van der Waals surface area contributed by atoms with Gasteiger partial charge in [0.25, 0.3) is 0 Å². The number of nitrogens with two attached hydrogens (primary N) is 1. The molecule has 4 atom stereocenters. The Labute approximate surface area is 163 Å². The Morgan fingerprint density at radius 1 is 1.07 bits per heavy atom. The first-order valence-electron chi connectivity index (χ1n) is 10.3. The zero-order chi connectivity index (χ0) is 18.4. The zero-order valence-electron chi connectivity index (χ0n) is 15.6. The molecule has 2 aliphatic heterocycles. The number of ether oxygens (including phenoxy) is 1. The zero-order valence-corrected chi connectivity index (χ0v) is 15.6. The first kappa shape index (κ1) is 15.2. The highest BCUT2D eigenvalue weighted by Gasteiger charge is 2.49. The topological polar surface area (TPSA) is 51.6 Å². The highest BCUT2D eigenvalue weighted by Crippen LogP contribution is 2.58. The van der Waals surface area contributed by atoms with Crippen LogP contribution in [0.4, 0.5) is 5.69 Å². The van der Waals surface area contributed by atoms with Crippen molar-refractivity contribution in [2.24, 2.45) is 11.8 Å². The first-order chi connectivity index (χ1) is 13.8. The van der Waals surface area contributed by atoms with Crippen LogP contribution < -0.4 is 10.9 Å². The van der Waals surface area contributed by atoms with Gasteiger partial charge in [0.05, 0.1) is 11.7 Å². The third-order valence-corrected chi connectivity index (χ3v) is 7.21. The molecule has 1 aromatic heterocycles. The van der Waals surface area contributed by atoms with Crippen molar-refractivity contribution < 1.29 is 9.15 Å². The molecule has 0 saturated carbocycles. The van der Waals surface area contributed by atoms with E-state index in [1.54, 1.807) is 0 Å².